The van der Waals surface area contributed by atoms with E-state index in [1.165, 1.54) is 25.7 Å². The highest BCUT2D eigenvalue weighted by atomic mass is 35.5. The molecule has 0 aromatic heterocycles. The SMILES string of the molecule is CCC1CCCC2(CC1)OCC(CCl)O2. The molecule has 3 heteroatoms. The Morgan fingerprint density at radius 3 is 2.87 bits per heavy atom. The average Bonchev–Trinajstić information content (AvgIpc) is 2.55. The second-order valence-corrected chi connectivity index (χ2v) is 5.13. The predicted molar refractivity (Wildman–Crippen MR) is 61.1 cm³/mol. The zero-order valence-electron chi connectivity index (χ0n) is 9.51. The highest BCUT2D eigenvalue weighted by molar-refractivity contribution is 6.18. The zero-order chi connectivity index (χ0) is 10.7. The Balaban J connectivity index is 1.92. The molecule has 3 atom stereocenters. The summed E-state index contributed by atoms with van der Waals surface area (Å²) in [4.78, 5) is 0. The molecule has 1 saturated heterocycles. The Hall–Kier alpha value is 0.210. The highest BCUT2D eigenvalue weighted by Crippen LogP contribution is 2.39. The monoisotopic (exact) mass is 232 g/mol. The maximum absolute atomic E-state index is 5.96. The summed E-state index contributed by atoms with van der Waals surface area (Å²) in [6.07, 6.45) is 7.31. The molecule has 0 aromatic rings. The number of alkyl halides is 1. The highest BCUT2D eigenvalue weighted by Gasteiger charge is 2.42. The van der Waals surface area contributed by atoms with Crippen LogP contribution >= 0.6 is 11.6 Å². The molecular formula is C12H21ClO2. The van der Waals surface area contributed by atoms with Gasteiger partial charge in [0.2, 0.25) is 0 Å². The van der Waals surface area contributed by atoms with Gasteiger partial charge >= 0.3 is 0 Å². The van der Waals surface area contributed by atoms with Gasteiger partial charge in [0.05, 0.1) is 18.6 Å². The van der Waals surface area contributed by atoms with Gasteiger partial charge in [0, 0.05) is 12.8 Å². The smallest absolute Gasteiger partial charge is 0.168 e. The van der Waals surface area contributed by atoms with Crippen molar-refractivity contribution in [1.82, 2.24) is 0 Å². The minimum absolute atomic E-state index is 0.116. The third kappa shape index (κ3) is 2.66. The number of rotatable bonds is 2. The Labute approximate surface area is 97.3 Å². The summed E-state index contributed by atoms with van der Waals surface area (Å²) >= 11 is 5.80. The lowest BCUT2D eigenvalue weighted by molar-refractivity contribution is -0.174. The molecule has 1 aliphatic heterocycles. The van der Waals surface area contributed by atoms with E-state index in [2.05, 4.69) is 6.92 Å². The van der Waals surface area contributed by atoms with Gasteiger partial charge in [-0.25, -0.2) is 0 Å². The molecular weight excluding hydrogens is 212 g/mol. The van der Waals surface area contributed by atoms with Crippen LogP contribution in [0.25, 0.3) is 0 Å². The van der Waals surface area contributed by atoms with E-state index in [0.717, 1.165) is 18.8 Å². The molecule has 1 aliphatic carbocycles. The van der Waals surface area contributed by atoms with Crippen LogP contribution in [-0.4, -0.2) is 24.4 Å². The molecule has 15 heavy (non-hydrogen) atoms. The lowest BCUT2D eigenvalue weighted by Gasteiger charge is -2.26. The molecule has 0 radical (unpaired) electrons. The van der Waals surface area contributed by atoms with Gasteiger partial charge in [-0.3, -0.25) is 0 Å². The van der Waals surface area contributed by atoms with Gasteiger partial charge in [-0.05, 0) is 18.8 Å². The second-order valence-electron chi connectivity index (χ2n) is 4.82. The van der Waals surface area contributed by atoms with E-state index in [1.807, 2.05) is 0 Å². The van der Waals surface area contributed by atoms with Crippen molar-refractivity contribution in [3.8, 4) is 0 Å². The van der Waals surface area contributed by atoms with E-state index < -0.39 is 0 Å². The largest absolute Gasteiger partial charge is 0.347 e. The van der Waals surface area contributed by atoms with Crippen molar-refractivity contribution in [2.24, 2.45) is 5.92 Å². The van der Waals surface area contributed by atoms with E-state index >= 15 is 0 Å². The van der Waals surface area contributed by atoms with Crippen molar-refractivity contribution in [3.05, 3.63) is 0 Å². The summed E-state index contributed by atoms with van der Waals surface area (Å²) in [5.74, 6) is 1.15. The Morgan fingerprint density at radius 1 is 1.33 bits per heavy atom. The molecule has 0 aromatic carbocycles. The van der Waals surface area contributed by atoms with E-state index in [0.29, 0.717) is 12.5 Å². The first-order valence-electron chi connectivity index (χ1n) is 6.16. The third-order valence-electron chi connectivity index (χ3n) is 3.77. The number of halogens is 1. The summed E-state index contributed by atoms with van der Waals surface area (Å²) < 4.78 is 11.8. The van der Waals surface area contributed by atoms with Crippen molar-refractivity contribution >= 4 is 11.6 Å². The van der Waals surface area contributed by atoms with Gasteiger partial charge in [0.1, 0.15) is 0 Å². The van der Waals surface area contributed by atoms with Gasteiger partial charge in [-0.2, -0.15) is 0 Å². The molecule has 3 unspecified atom stereocenters. The van der Waals surface area contributed by atoms with Crippen LogP contribution in [0.5, 0.6) is 0 Å². The maximum Gasteiger partial charge on any atom is 0.168 e. The first-order valence-corrected chi connectivity index (χ1v) is 6.69. The summed E-state index contributed by atoms with van der Waals surface area (Å²) in [7, 11) is 0. The molecule has 0 N–H and O–H groups in total. The van der Waals surface area contributed by atoms with Crippen molar-refractivity contribution < 1.29 is 9.47 Å². The molecule has 2 rings (SSSR count). The van der Waals surface area contributed by atoms with Gasteiger partial charge in [-0.1, -0.05) is 19.8 Å². The average molecular weight is 233 g/mol. The van der Waals surface area contributed by atoms with Crippen LogP contribution in [0.2, 0.25) is 0 Å². The summed E-state index contributed by atoms with van der Waals surface area (Å²) in [5.41, 5.74) is 0. The zero-order valence-corrected chi connectivity index (χ0v) is 10.3. The first kappa shape index (κ1) is 11.7. The van der Waals surface area contributed by atoms with E-state index in [9.17, 15) is 0 Å². The Kier molecular flexibility index (Phi) is 3.92. The quantitative estimate of drug-likeness (QED) is 0.680. The van der Waals surface area contributed by atoms with Crippen molar-refractivity contribution in [2.45, 2.75) is 57.3 Å². The normalized spacial score (nSPS) is 42.0. The van der Waals surface area contributed by atoms with Gasteiger partial charge in [0.25, 0.3) is 0 Å². The fraction of sp³-hybridized carbons (Fsp3) is 1.00. The van der Waals surface area contributed by atoms with Crippen molar-refractivity contribution in [1.29, 1.82) is 0 Å². The summed E-state index contributed by atoms with van der Waals surface area (Å²) in [5, 5.41) is 0. The van der Waals surface area contributed by atoms with Crippen molar-refractivity contribution in [2.75, 3.05) is 12.5 Å². The third-order valence-corrected chi connectivity index (χ3v) is 4.11. The molecule has 0 bridgehead atoms. The number of hydrogen-bond donors (Lipinski definition) is 0. The van der Waals surface area contributed by atoms with Crippen LogP contribution in [0.4, 0.5) is 0 Å². The number of hydrogen-bond acceptors (Lipinski definition) is 2. The molecule has 2 aliphatic rings. The lowest BCUT2D eigenvalue weighted by atomic mass is 9.97. The topological polar surface area (TPSA) is 18.5 Å². The molecule has 1 spiro atoms. The second kappa shape index (κ2) is 5.03. The molecule has 88 valence electrons. The Morgan fingerprint density at radius 2 is 2.20 bits per heavy atom. The molecule has 2 fully saturated rings. The minimum atomic E-state index is -0.274. The maximum atomic E-state index is 5.96. The van der Waals surface area contributed by atoms with Gasteiger partial charge in [0.15, 0.2) is 5.79 Å². The van der Waals surface area contributed by atoms with E-state index in [-0.39, 0.29) is 11.9 Å². The van der Waals surface area contributed by atoms with Crippen LogP contribution in [0.1, 0.15) is 45.4 Å². The van der Waals surface area contributed by atoms with Crippen LogP contribution in [0.3, 0.4) is 0 Å². The number of ether oxygens (including phenoxy) is 2. The molecule has 1 saturated carbocycles. The Bertz CT molecular complexity index is 206. The van der Waals surface area contributed by atoms with Crippen LogP contribution in [-0.2, 0) is 9.47 Å². The fourth-order valence-corrected chi connectivity index (χ4v) is 2.87. The van der Waals surface area contributed by atoms with Crippen LogP contribution < -0.4 is 0 Å². The van der Waals surface area contributed by atoms with Crippen molar-refractivity contribution in [3.63, 3.8) is 0 Å². The minimum Gasteiger partial charge on any atom is -0.347 e. The van der Waals surface area contributed by atoms with Crippen LogP contribution in [0, 0.1) is 5.92 Å². The molecule has 0 amide bonds. The summed E-state index contributed by atoms with van der Waals surface area (Å²) in [6.45, 7) is 2.96. The fourth-order valence-electron chi connectivity index (χ4n) is 2.72. The molecule has 1 heterocycles. The van der Waals surface area contributed by atoms with Gasteiger partial charge in [-0.15, -0.1) is 11.6 Å². The predicted octanol–water partition coefficient (Wildman–Crippen LogP) is 3.33. The van der Waals surface area contributed by atoms with E-state index in [1.54, 1.807) is 0 Å². The van der Waals surface area contributed by atoms with Crippen LogP contribution in [0.15, 0.2) is 0 Å². The summed E-state index contributed by atoms with van der Waals surface area (Å²) in [6, 6.07) is 0. The van der Waals surface area contributed by atoms with E-state index in [4.69, 9.17) is 21.1 Å². The first-order chi connectivity index (χ1) is 7.28. The standard InChI is InChI=1S/C12H21ClO2/c1-2-10-4-3-6-12(7-5-10)14-9-11(8-13)15-12/h10-11H,2-9H2,1H3. The van der Waals surface area contributed by atoms with Gasteiger partial charge < -0.3 is 9.47 Å². The molecule has 2 nitrogen and oxygen atoms in total. The lowest BCUT2D eigenvalue weighted by Crippen LogP contribution is -2.30.